The lowest BCUT2D eigenvalue weighted by molar-refractivity contribution is -0.145. The van der Waals surface area contributed by atoms with E-state index in [1.54, 1.807) is 12.1 Å². The maximum atomic E-state index is 12.5. The number of carbonyl (C=O) groups excluding carboxylic acids is 2. The molecule has 0 aliphatic heterocycles. The fourth-order valence-corrected chi connectivity index (χ4v) is 2.59. The summed E-state index contributed by atoms with van der Waals surface area (Å²) in [6.07, 6.45) is 4.37. The van der Waals surface area contributed by atoms with Gasteiger partial charge in [-0.2, -0.15) is 0 Å². The van der Waals surface area contributed by atoms with Crippen LogP contribution >= 0.6 is 0 Å². The molecule has 1 aromatic carbocycles. The average Bonchev–Trinajstić information content (AvgIpc) is 2.60. The minimum Gasteiger partial charge on any atom is -0.467 e. The first-order valence-electron chi connectivity index (χ1n) is 8.40. The number of rotatable bonds is 6. The van der Waals surface area contributed by atoms with Crippen LogP contribution in [0, 0.1) is 12.8 Å². The number of hydrogen-bond acceptors (Lipinski definition) is 5. The topological polar surface area (TPSA) is 85.6 Å². The Kier molecular flexibility index (Phi) is 6.33. The predicted octanol–water partition coefficient (Wildman–Crippen LogP) is 2.82. The number of carbonyl (C=O) groups is 2. The Hall–Kier alpha value is -2.89. The van der Waals surface area contributed by atoms with Crippen LogP contribution in [0.1, 0.15) is 31.4 Å². The second-order valence-corrected chi connectivity index (χ2v) is 6.57. The lowest BCUT2D eigenvalue weighted by Crippen LogP contribution is -2.41. The smallest absolute Gasteiger partial charge is 0.328 e. The maximum Gasteiger partial charge on any atom is 0.328 e. The van der Waals surface area contributed by atoms with E-state index in [-0.39, 0.29) is 16.9 Å². The lowest BCUT2D eigenvalue weighted by Gasteiger charge is -2.17. The third kappa shape index (κ3) is 4.81. The molecular weight excluding hydrogens is 334 g/mol. The molecule has 6 nitrogen and oxygen atoms in total. The van der Waals surface area contributed by atoms with Gasteiger partial charge in [0.25, 0.3) is 0 Å². The van der Waals surface area contributed by atoms with E-state index in [4.69, 9.17) is 9.15 Å². The van der Waals surface area contributed by atoms with Crippen molar-refractivity contribution in [1.82, 2.24) is 5.32 Å². The fraction of sp³-hybridized carbons (Fsp3) is 0.350. The largest absolute Gasteiger partial charge is 0.467 e. The van der Waals surface area contributed by atoms with Crippen LogP contribution in [0.3, 0.4) is 0 Å². The van der Waals surface area contributed by atoms with E-state index >= 15 is 0 Å². The molecule has 0 bridgehead atoms. The number of fused-ring (bicyclic) bond motifs is 1. The summed E-state index contributed by atoms with van der Waals surface area (Å²) in [7, 11) is 1.28. The van der Waals surface area contributed by atoms with Crippen LogP contribution in [0.15, 0.2) is 39.7 Å². The van der Waals surface area contributed by atoms with Crippen molar-refractivity contribution in [2.45, 2.75) is 33.2 Å². The zero-order chi connectivity index (χ0) is 19.3. The summed E-state index contributed by atoms with van der Waals surface area (Å²) in [4.78, 5) is 36.4. The van der Waals surface area contributed by atoms with Crippen molar-refractivity contribution in [2.24, 2.45) is 5.92 Å². The zero-order valence-corrected chi connectivity index (χ0v) is 15.4. The molecule has 0 aliphatic rings. The van der Waals surface area contributed by atoms with Crippen LogP contribution in [-0.2, 0) is 14.3 Å². The molecule has 0 aliphatic carbocycles. The van der Waals surface area contributed by atoms with Crippen molar-refractivity contribution >= 4 is 28.9 Å². The van der Waals surface area contributed by atoms with Crippen molar-refractivity contribution in [3.05, 3.63) is 51.9 Å². The van der Waals surface area contributed by atoms with Crippen molar-refractivity contribution in [3.8, 4) is 0 Å². The van der Waals surface area contributed by atoms with Crippen LogP contribution in [0.4, 0.5) is 0 Å². The van der Waals surface area contributed by atoms with Crippen LogP contribution in [-0.4, -0.2) is 25.0 Å². The summed E-state index contributed by atoms with van der Waals surface area (Å²) < 4.78 is 10.2. The van der Waals surface area contributed by atoms with Crippen LogP contribution < -0.4 is 10.7 Å². The van der Waals surface area contributed by atoms with Gasteiger partial charge in [0, 0.05) is 6.08 Å². The molecule has 1 heterocycles. The first-order chi connectivity index (χ1) is 12.3. The van der Waals surface area contributed by atoms with Gasteiger partial charge in [-0.15, -0.1) is 0 Å². The molecule has 1 unspecified atom stereocenters. The summed E-state index contributed by atoms with van der Waals surface area (Å²) in [5, 5.41) is 3.06. The van der Waals surface area contributed by atoms with Gasteiger partial charge in [-0.1, -0.05) is 25.5 Å². The third-order valence-electron chi connectivity index (χ3n) is 3.88. The van der Waals surface area contributed by atoms with Gasteiger partial charge in [-0.25, -0.2) is 4.79 Å². The average molecular weight is 357 g/mol. The van der Waals surface area contributed by atoms with Crippen molar-refractivity contribution < 1.29 is 18.7 Å². The molecule has 1 atom stereocenters. The Labute approximate surface area is 151 Å². The van der Waals surface area contributed by atoms with Gasteiger partial charge in [-0.3, -0.25) is 9.59 Å². The summed E-state index contributed by atoms with van der Waals surface area (Å²) in [6, 6.07) is 4.61. The number of aryl methyl sites for hydroxylation is 1. The van der Waals surface area contributed by atoms with E-state index in [2.05, 4.69) is 5.32 Å². The first-order valence-corrected chi connectivity index (χ1v) is 8.40. The molecule has 26 heavy (non-hydrogen) atoms. The minimum absolute atomic E-state index is 0.208. The number of hydrogen-bond donors (Lipinski definition) is 1. The number of amides is 1. The van der Waals surface area contributed by atoms with Gasteiger partial charge in [-0.05, 0) is 37.5 Å². The normalized spacial score (nSPS) is 12.5. The molecule has 1 amide bonds. The molecule has 2 aromatic rings. The molecule has 6 heteroatoms. The van der Waals surface area contributed by atoms with E-state index in [0.29, 0.717) is 17.4 Å². The zero-order valence-electron chi connectivity index (χ0n) is 15.4. The first kappa shape index (κ1) is 19.4. The van der Waals surface area contributed by atoms with Crippen molar-refractivity contribution in [1.29, 1.82) is 0 Å². The molecular formula is C20H23NO5. The Morgan fingerprint density at radius 2 is 2.04 bits per heavy atom. The van der Waals surface area contributed by atoms with E-state index in [1.165, 1.54) is 25.5 Å². The van der Waals surface area contributed by atoms with Gasteiger partial charge in [0.05, 0.1) is 18.1 Å². The number of methoxy groups -OCH3 is 1. The van der Waals surface area contributed by atoms with E-state index in [0.717, 1.165) is 5.56 Å². The van der Waals surface area contributed by atoms with Gasteiger partial charge < -0.3 is 14.5 Å². The molecule has 1 N–H and O–H groups in total. The highest BCUT2D eigenvalue weighted by molar-refractivity contribution is 5.95. The Balaban J connectivity index is 2.19. The minimum atomic E-state index is -0.729. The monoisotopic (exact) mass is 357 g/mol. The Morgan fingerprint density at radius 1 is 1.31 bits per heavy atom. The molecule has 138 valence electrons. The summed E-state index contributed by atoms with van der Waals surface area (Å²) in [6.45, 7) is 5.77. The van der Waals surface area contributed by atoms with Gasteiger partial charge >= 0.3 is 5.97 Å². The van der Waals surface area contributed by atoms with Crippen molar-refractivity contribution in [2.75, 3.05) is 7.11 Å². The molecule has 0 saturated carbocycles. The third-order valence-corrected chi connectivity index (χ3v) is 3.88. The number of nitrogens with one attached hydrogen (secondary N) is 1. The van der Waals surface area contributed by atoms with Crippen LogP contribution in [0.2, 0.25) is 0 Å². The van der Waals surface area contributed by atoms with E-state index in [9.17, 15) is 14.4 Å². The summed E-state index contributed by atoms with van der Waals surface area (Å²) in [5.41, 5.74) is 1.48. The predicted molar refractivity (Wildman–Crippen MR) is 99.7 cm³/mol. The van der Waals surface area contributed by atoms with Gasteiger partial charge in [0.15, 0.2) is 5.43 Å². The van der Waals surface area contributed by atoms with Crippen LogP contribution in [0.25, 0.3) is 17.0 Å². The fourth-order valence-electron chi connectivity index (χ4n) is 2.59. The second kappa shape index (κ2) is 8.47. The Morgan fingerprint density at radius 3 is 2.69 bits per heavy atom. The van der Waals surface area contributed by atoms with E-state index in [1.807, 2.05) is 26.8 Å². The quantitative estimate of drug-likeness (QED) is 0.635. The highest BCUT2D eigenvalue weighted by atomic mass is 16.5. The SMILES string of the molecule is COC(=O)C(CC(C)C)NC(=O)/C=C/c1coc2ccc(C)cc2c1=O. The second-order valence-electron chi connectivity index (χ2n) is 6.57. The van der Waals surface area contributed by atoms with Gasteiger partial charge in [0.1, 0.15) is 17.9 Å². The Bertz CT molecular complexity index is 895. The van der Waals surface area contributed by atoms with Gasteiger partial charge in [0.2, 0.25) is 5.91 Å². The van der Waals surface area contributed by atoms with E-state index < -0.39 is 17.9 Å². The standard InChI is InChI=1S/C20H23NO5/c1-12(2)9-16(20(24)25-4)21-18(22)8-6-14-11-26-17-7-5-13(3)10-15(17)19(14)23/h5-8,10-12,16H,9H2,1-4H3,(H,21,22)/b8-6+. The number of esters is 1. The van der Waals surface area contributed by atoms with Crippen molar-refractivity contribution in [3.63, 3.8) is 0 Å². The number of ether oxygens (including phenoxy) is 1. The van der Waals surface area contributed by atoms with Crippen LogP contribution in [0.5, 0.6) is 0 Å². The molecule has 0 saturated heterocycles. The molecule has 2 rings (SSSR count). The highest BCUT2D eigenvalue weighted by Crippen LogP contribution is 2.14. The molecule has 0 fully saturated rings. The summed E-state index contributed by atoms with van der Waals surface area (Å²) >= 11 is 0. The molecule has 0 radical (unpaired) electrons. The molecule has 0 spiro atoms. The lowest BCUT2D eigenvalue weighted by atomic mass is 10.0. The maximum absolute atomic E-state index is 12.5. The summed E-state index contributed by atoms with van der Waals surface area (Å²) in [5.74, 6) is -0.773. The molecule has 1 aromatic heterocycles. The number of benzene rings is 1. The highest BCUT2D eigenvalue weighted by Gasteiger charge is 2.21.